The molecule has 0 saturated carbocycles. The van der Waals surface area contributed by atoms with Crippen molar-refractivity contribution in [1.82, 2.24) is 9.97 Å². The standard InChI is InChI=1S/C14H9F2N3O/c15-9-3-4-10(16)11(7-9)19-14(20)12-6-8-2-1-5-17-13(8)18-12/h1-7H,(H,17,18)(H,19,20). The van der Waals surface area contributed by atoms with Gasteiger partial charge in [-0.3, -0.25) is 4.79 Å². The molecule has 100 valence electrons. The average Bonchev–Trinajstić information content (AvgIpc) is 2.87. The fraction of sp³-hybridized carbons (Fsp3) is 0. The Labute approximate surface area is 112 Å². The first kappa shape index (κ1) is 12.3. The van der Waals surface area contributed by atoms with Crippen LogP contribution in [0.1, 0.15) is 10.5 Å². The smallest absolute Gasteiger partial charge is 0.272 e. The van der Waals surface area contributed by atoms with E-state index in [9.17, 15) is 13.6 Å². The number of fused-ring (bicyclic) bond motifs is 1. The lowest BCUT2D eigenvalue weighted by Gasteiger charge is -2.04. The first-order valence-corrected chi connectivity index (χ1v) is 5.83. The van der Waals surface area contributed by atoms with Crippen molar-refractivity contribution in [3.8, 4) is 0 Å². The van der Waals surface area contributed by atoms with E-state index in [-0.39, 0.29) is 11.4 Å². The van der Waals surface area contributed by atoms with Crippen molar-refractivity contribution in [1.29, 1.82) is 0 Å². The van der Waals surface area contributed by atoms with E-state index in [1.54, 1.807) is 24.4 Å². The first-order valence-electron chi connectivity index (χ1n) is 5.83. The number of hydrogen-bond acceptors (Lipinski definition) is 2. The summed E-state index contributed by atoms with van der Waals surface area (Å²) in [6.07, 6.45) is 1.59. The Bertz CT molecular complexity index is 765. The quantitative estimate of drug-likeness (QED) is 0.753. The summed E-state index contributed by atoms with van der Waals surface area (Å²) in [5.41, 5.74) is 0.571. The van der Waals surface area contributed by atoms with Gasteiger partial charge in [-0.2, -0.15) is 0 Å². The van der Waals surface area contributed by atoms with Gasteiger partial charge in [-0.15, -0.1) is 0 Å². The molecular formula is C14H9F2N3O. The Morgan fingerprint density at radius 2 is 2.05 bits per heavy atom. The van der Waals surface area contributed by atoms with Gasteiger partial charge in [0.2, 0.25) is 0 Å². The Kier molecular flexibility index (Phi) is 2.90. The van der Waals surface area contributed by atoms with E-state index >= 15 is 0 Å². The molecule has 20 heavy (non-hydrogen) atoms. The van der Waals surface area contributed by atoms with Crippen molar-refractivity contribution in [2.45, 2.75) is 0 Å². The molecule has 0 aliphatic heterocycles. The number of nitrogens with zero attached hydrogens (tertiary/aromatic N) is 1. The number of aromatic nitrogens is 2. The van der Waals surface area contributed by atoms with Crippen LogP contribution < -0.4 is 5.32 Å². The molecule has 0 bridgehead atoms. The molecule has 0 unspecified atom stereocenters. The third kappa shape index (κ3) is 2.23. The lowest BCUT2D eigenvalue weighted by Crippen LogP contribution is -2.13. The minimum absolute atomic E-state index is 0.207. The zero-order valence-corrected chi connectivity index (χ0v) is 10.2. The summed E-state index contributed by atoms with van der Waals surface area (Å²) in [4.78, 5) is 18.9. The number of hydrogen-bond donors (Lipinski definition) is 2. The number of pyridine rings is 1. The highest BCUT2D eigenvalue weighted by Gasteiger charge is 2.12. The number of carbonyl (C=O) groups excluding carboxylic acids is 1. The third-order valence-corrected chi connectivity index (χ3v) is 2.81. The van der Waals surface area contributed by atoms with Gasteiger partial charge in [0.05, 0.1) is 5.69 Å². The summed E-state index contributed by atoms with van der Waals surface area (Å²) in [6, 6.07) is 7.99. The monoisotopic (exact) mass is 273 g/mol. The van der Waals surface area contributed by atoms with Crippen LogP contribution >= 0.6 is 0 Å². The molecule has 1 aromatic carbocycles. The fourth-order valence-corrected chi connectivity index (χ4v) is 1.86. The summed E-state index contributed by atoms with van der Waals surface area (Å²) in [6.45, 7) is 0. The lowest BCUT2D eigenvalue weighted by molar-refractivity contribution is 0.102. The zero-order valence-electron chi connectivity index (χ0n) is 10.2. The van der Waals surface area contributed by atoms with Gasteiger partial charge in [-0.1, -0.05) is 0 Å². The summed E-state index contributed by atoms with van der Waals surface area (Å²) in [5, 5.41) is 3.08. The summed E-state index contributed by atoms with van der Waals surface area (Å²) < 4.78 is 26.5. The first-order chi connectivity index (χ1) is 9.63. The van der Waals surface area contributed by atoms with Crippen LogP contribution in [0.15, 0.2) is 42.6 Å². The number of nitrogens with one attached hydrogen (secondary N) is 2. The summed E-state index contributed by atoms with van der Waals surface area (Å²) in [5.74, 6) is -1.89. The number of benzene rings is 1. The number of H-pyrrole nitrogens is 1. The molecule has 0 fully saturated rings. The molecule has 3 aromatic rings. The molecule has 0 radical (unpaired) electrons. The highest BCUT2D eigenvalue weighted by molar-refractivity contribution is 6.05. The van der Waals surface area contributed by atoms with Crippen LogP contribution in [0.4, 0.5) is 14.5 Å². The van der Waals surface area contributed by atoms with Crippen LogP contribution in [0.2, 0.25) is 0 Å². The minimum atomic E-state index is -0.700. The van der Waals surface area contributed by atoms with Gasteiger partial charge in [-0.25, -0.2) is 13.8 Å². The van der Waals surface area contributed by atoms with Gasteiger partial charge in [0.1, 0.15) is 23.0 Å². The van der Waals surface area contributed by atoms with Crippen LogP contribution in [0.3, 0.4) is 0 Å². The number of halogens is 2. The SMILES string of the molecule is O=C(Nc1cc(F)ccc1F)c1cc2cccnc2[nH]1. The second-order valence-electron chi connectivity index (χ2n) is 4.20. The van der Waals surface area contributed by atoms with Gasteiger partial charge in [0.15, 0.2) is 0 Å². The maximum absolute atomic E-state index is 13.4. The second-order valence-corrected chi connectivity index (χ2v) is 4.20. The second kappa shape index (κ2) is 4.73. The molecule has 0 spiro atoms. The van der Waals surface area contributed by atoms with E-state index in [4.69, 9.17) is 0 Å². The molecule has 2 N–H and O–H groups in total. The minimum Gasteiger partial charge on any atom is -0.335 e. The fourth-order valence-electron chi connectivity index (χ4n) is 1.86. The number of amides is 1. The average molecular weight is 273 g/mol. The largest absolute Gasteiger partial charge is 0.335 e. The lowest BCUT2D eigenvalue weighted by atomic mass is 10.2. The van der Waals surface area contributed by atoms with Gasteiger partial charge >= 0.3 is 0 Å². The van der Waals surface area contributed by atoms with Crippen LogP contribution in [0.5, 0.6) is 0 Å². The van der Waals surface area contributed by atoms with Crippen molar-refractivity contribution >= 4 is 22.6 Å². The number of rotatable bonds is 2. The predicted molar refractivity (Wildman–Crippen MR) is 70.4 cm³/mol. The van der Waals surface area contributed by atoms with Gasteiger partial charge in [-0.05, 0) is 30.3 Å². The van der Waals surface area contributed by atoms with Crippen molar-refractivity contribution < 1.29 is 13.6 Å². The van der Waals surface area contributed by atoms with E-state index in [0.29, 0.717) is 5.65 Å². The number of aromatic amines is 1. The van der Waals surface area contributed by atoms with E-state index < -0.39 is 17.5 Å². The molecule has 6 heteroatoms. The Hall–Kier alpha value is -2.76. The van der Waals surface area contributed by atoms with Crippen LogP contribution in [-0.2, 0) is 0 Å². The maximum atomic E-state index is 13.4. The van der Waals surface area contributed by atoms with Crippen molar-refractivity contribution in [3.63, 3.8) is 0 Å². The molecule has 0 aliphatic carbocycles. The van der Waals surface area contributed by atoms with Gasteiger partial charge < -0.3 is 10.3 Å². The Morgan fingerprint density at radius 3 is 2.85 bits per heavy atom. The zero-order chi connectivity index (χ0) is 14.1. The van der Waals surface area contributed by atoms with Crippen molar-refractivity contribution in [2.75, 3.05) is 5.32 Å². The molecule has 4 nitrogen and oxygen atoms in total. The number of carbonyl (C=O) groups is 1. The van der Waals surface area contributed by atoms with Crippen LogP contribution in [-0.4, -0.2) is 15.9 Å². The molecule has 0 saturated heterocycles. The summed E-state index contributed by atoms with van der Waals surface area (Å²) in [7, 11) is 0. The Morgan fingerprint density at radius 1 is 1.20 bits per heavy atom. The maximum Gasteiger partial charge on any atom is 0.272 e. The topological polar surface area (TPSA) is 57.8 Å². The third-order valence-electron chi connectivity index (χ3n) is 2.81. The molecule has 0 atom stereocenters. The van der Waals surface area contributed by atoms with Crippen LogP contribution in [0.25, 0.3) is 11.0 Å². The number of anilines is 1. The van der Waals surface area contributed by atoms with E-state index in [2.05, 4.69) is 15.3 Å². The van der Waals surface area contributed by atoms with Crippen LogP contribution in [0, 0.1) is 11.6 Å². The highest BCUT2D eigenvalue weighted by atomic mass is 19.1. The highest BCUT2D eigenvalue weighted by Crippen LogP contribution is 2.18. The van der Waals surface area contributed by atoms with Crippen molar-refractivity contribution in [2.24, 2.45) is 0 Å². The Balaban J connectivity index is 1.90. The molecule has 0 aliphatic rings. The molecule has 1 amide bonds. The van der Waals surface area contributed by atoms with Gasteiger partial charge in [0, 0.05) is 17.6 Å². The van der Waals surface area contributed by atoms with Gasteiger partial charge in [0.25, 0.3) is 5.91 Å². The van der Waals surface area contributed by atoms with E-state index in [0.717, 1.165) is 23.6 Å². The summed E-state index contributed by atoms with van der Waals surface area (Å²) >= 11 is 0. The molecular weight excluding hydrogens is 264 g/mol. The van der Waals surface area contributed by atoms with E-state index in [1.165, 1.54) is 0 Å². The normalized spacial score (nSPS) is 10.7. The van der Waals surface area contributed by atoms with E-state index in [1.807, 2.05) is 0 Å². The predicted octanol–water partition coefficient (Wildman–Crippen LogP) is 3.09. The van der Waals surface area contributed by atoms with Crippen molar-refractivity contribution in [3.05, 3.63) is 59.9 Å². The molecule has 2 aromatic heterocycles. The molecule has 2 heterocycles. The molecule has 3 rings (SSSR count).